The van der Waals surface area contributed by atoms with E-state index in [9.17, 15) is 4.79 Å². The van der Waals surface area contributed by atoms with Crippen molar-refractivity contribution in [3.8, 4) is 0 Å². The van der Waals surface area contributed by atoms with Crippen molar-refractivity contribution in [3.05, 3.63) is 48.0 Å². The van der Waals surface area contributed by atoms with Gasteiger partial charge in [-0.1, -0.05) is 42.5 Å². The summed E-state index contributed by atoms with van der Waals surface area (Å²) in [4.78, 5) is 15.0. The van der Waals surface area contributed by atoms with Gasteiger partial charge in [0.15, 0.2) is 0 Å². The maximum atomic E-state index is 12.8. The van der Waals surface area contributed by atoms with Gasteiger partial charge in [-0.25, -0.2) is 0 Å². The fourth-order valence-electron chi connectivity index (χ4n) is 4.83. The normalized spacial score (nSPS) is 21.1. The van der Waals surface area contributed by atoms with Crippen LogP contribution in [0.2, 0.25) is 0 Å². The molecule has 4 rings (SSSR count). The van der Waals surface area contributed by atoms with Gasteiger partial charge >= 0.3 is 0 Å². The third-order valence-corrected chi connectivity index (χ3v) is 6.28. The largest absolute Gasteiger partial charge is 0.354 e. The minimum absolute atomic E-state index is 0. The zero-order valence-electron chi connectivity index (χ0n) is 16.4. The molecule has 2 saturated heterocycles. The number of amides is 1. The lowest BCUT2D eigenvalue weighted by Crippen LogP contribution is -2.42. The van der Waals surface area contributed by atoms with E-state index >= 15 is 0 Å². The highest BCUT2D eigenvalue weighted by Gasteiger charge is 2.45. The maximum Gasteiger partial charge on any atom is 0.237 e. The van der Waals surface area contributed by atoms with Crippen molar-refractivity contribution in [2.24, 2.45) is 5.41 Å². The fourth-order valence-corrected chi connectivity index (χ4v) is 4.83. The highest BCUT2D eigenvalue weighted by Crippen LogP contribution is 2.41. The second kappa shape index (κ2) is 9.93. The monoisotopic (exact) mass is 423 g/mol. The van der Waals surface area contributed by atoms with Gasteiger partial charge in [-0.05, 0) is 67.6 Å². The van der Waals surface area contributed by atoms with Crippen LogP contribution in [0.25, 0.3) is 10.8 Å². The van der Waals surface area contributed by atoms with Crippen LogP contribution in [0.5, 0.6) is 0 Å². The Labute approximate surface area is 180 Å². The Balaban J connectivity index is 0.00000140. The molecule has 2 fully saturated rings. The Morgan fingerprint density at radius 1 is 1.14 bits per heavy atom. The standard InChI is InChI=1S/C22H29N3O.2ClH/c1-25-16-22(10-13-23-14-11-22)15-20(25)21(26)24-12-9-18-7-4-6-17-5-2-3-8-19(17)18;;/h2-8,20,23H,9-16H2,1H3,(H,24,26);2*1H. The summed E-state index contributed by atoms with van der Waals surface area (Å²) in [6.07, 6.45) is 4.26. The van der Waals surface area contributed by atoms with Crippen LogP contribution in [-0.2, 0) is 11.2 Å². The number of carbonyl (C=O) groups is 1. The lowest BCUT2D eigenvalue weighted by atomic mass is 9.77. The summed E-state index contributed by atoms with van der Waals surface area (Å²) in [5, 5.41) is 9.19. The summed E-state index contributed by atoms with van der Waals surface area (Å²) in [5.74, 6) is 0.197. The molecule has 154 valence electrons. The lowest BCUT2D eigenvalue weighted by Gasteiger charge is -2.33. The zero-order valence-corrected chi connectivity index (χ0v) is 18.1. The van der Waals surface area contributed by atoms with E-state index in [1.54, 1.807) is 0 Å². The predicted octanol–water partition coefficient (Wildman–Crippen LogP) is 3.42. The number of fused-ring (bicyclic) bond motifs is 1. The molecular formula is C22H31Cl2N3O. The van der Waals surface area contributed by atoms with Crippen molar-refractivity contribution < 1.29 is 4.79 Å². The second-order valence-corrected chi connectivity index (χ2v) is 8.06. The molecule has 28 heavy (non-hydrogen) atoms. The predicted molar refractivity (Wildman–Crippen MR) is 121 cm³/mol. The Morgan fingerprint density at radius 3 is 2.64 bits per heavy atom. The molecule has 2 aliphatic rings. The summed E-state index contributed by atoms with van der Waals surface area (Å²) >= 11 is 0. The molecule has 4 nitrogen and oxygen atoms in total. The first-order valence-corrected chi connectivity index (χ1v) is 9.82. The first-order valence-electron chi connectivity index (χ1n) is 9.82. The van der Waals surface area contributed by atoms with Crippen molar-refractivity contribution in [3.63, 3.8) is 0 Å². The van der Waals surface area contributed by atoms with Crippen molar-refractivity contribution in [2.75, 3.05) is 33.2 Å². The highest BCUT2D eigenvalue weighted by atomic mass is 35.5. The van der Waals surface area contributed by atoms with Crippen LogP contribution in [0.3, 0.4) is 0 Å². The quantitative estimate of drug-likeness (QED) is 0.791. The summed E-state index contributed by atoms with van der Waals surface area (Å²) < 4.78 is 0. The molecule has 0 saturated carbocycles. The molecule has 2 aromatic rings. The molecule has 0 radical (unpaired) electrons. The number of carbonyl (C=O) groups excluding carboxylic acids is 1. The van der Waals surface area contributed by atoms with Crippen molar-refractivity contribution in [1.82, 2.24) is 15.5 Å². The molecular weight excluding hydrogens is 393 g/mol. The molecule has 0 aliphatic carbocycles. The van der Waals surface area contributed by atoms with Gasteiger partial charge in [-0.3, -0.25) is 9.69 Å². The summed E-state index contributed by atoms with van der Waals surface area (Å²) in [7, 11) is 2.10. The number of rotatable bonds is 4. The molecule has 1 amide bonds. The van der Waals surface area contributed by atoms with Crippen LogP contribution in [0.15, 0.2) is 42.5 Å². The van der Waals surface area contributed by atoms with Crippen LogP contribution in [0.1, 0.15) is 24.8 Å². The molecule has 2 aromatic carbocycles. The number of likely N-dealkylation sites (N-methyl/N-ethyl adjacent to an activating group) is 1. The van der Waals surface area contributed by atoms with Gasteiger partial charge < -0.3 is 10.6 Å². The number of piperidine rings is 1. The van der Waals surface area contributed by atoms with Gasteiger partial charge in [-0.2, -0.15) is 0 Å². The molecule has 0 aromatic heterocycles. The van der Waals surface area contributed by atoms with Gasteiger partial charge in [0.25, 0.3) is 0 Å². The summed E-state index contributed by atoms with van der Waals surface area (Å²) in [6.45, 7) is 3.92. The lowest BCUT2D eigenvalue weighted by molar-refractivity contribution is -0.125. The minimum Gasteiger partial charge on any atom is -0.354 e. The van der Waals surface area contributed by atoms with E-state index in [0.29, 0.717) is 12.0 Å². The van der Waals surface area contributed by atoms with E-state index in [1.165, 1.54) is 29.2 Å². The molecule has 1 spiro atoms. The smallest absolute Gasteiger partial charge is 0.237 e. The maximum absolute atomic E-state index is 12.8. The van der Waals surface area contributed by atoms with Crippen LogP contribution in [0, 0.1) is 5.41 Å². The molecule has 6 heteroatoms. The van der Waals surface area contributed by atoms with E-state index in [4.69, 9.17) is 0 Å². The second-order valence-electron chi connectivity index (χ2n) is 8.06. The molecule has 1 unspecified atom stereocenters. The van der Waals surface area contributed by atoms with E-state index in [-0.39, 0.29) is 36.8 Å². The first-order chi connectivity index (χ1) is 12.7. The van der Waals surface area contributed by atoms with Crippen molar-refractivity contribution >= 4 is 41.5 Å². The molecule has 2 aliphatic heterocycles. The summed E-state index contributed by atoms with van der Waals surface area (Å²) in [5.41, 5.74) is 1.65. The minimum atomic E-state index is 0. The van der Waals surface area contributed by atoms with E-state index in [2.05, 4.69) is 65.0 Å². The van der Waals surface area contributed by atoms with E-state index < -0.39 is 0 Å². The Kier molecular flexibility index (Phi) is 8.14. The SMILES string of the molecule is CN1CC2(CCNCC2)CC1C(=O)NCCc1cccc2ccccc12.Cl.Cl. The Hall–Kier alpha value is -1.33. The average Bonchev–Trinajstić information content (AvgIpc) is 2.98. The third kappa shape index (κ3) is 4.80. The highest BCUT2D eigenvalue weighted by molar-refractivity contribution is 5.86. The Bertz CT molecular complexity index is 787. The number of benzene rings is 2. The number of hydrogen-bond donors (Lipinski definition) is 2. The van der Waals surface area contributed by atoms with Gasteiger partial charge in [0, 0.05) is 13.1 Å². The summed E-state index contributed by atoms with van der Waals surface area (Å²) in [6, 6.07) is 14.9. The molecule has 2 heterocycles. The van der Waals surface area contributed by atoms with Crippen LogP contribution >= 0.6 is 24.8 Å². The number of halogens is 2. The number of likely N-dealkylation sites (tertiary alicyclic amines) is 1. The van der Waals surface area contributed by atoms with E-state index in [0.717, 1.165) is 32.5 Å². The molecule has 2 N–H and O–H groups in total. The first kappa shape index (κ1) is 23.0. The van der Waals surface area contributed by atoms with Gasteiger partial charge in [0.1, 0.15) is 0 Å². The fraction of sp³-hybridized carbons (Fsp3) is 0.500. The number of nitrogens with zero attached hydrogens (tertiary/aromatic N) is 1. The van der Waals surface area contributed by atoms with E-state index in [1.807, 2.05) is 0 Å². The Morgan fingerprint density at radius 2 is 1.86 bits per heavy atom. The van der Waals surface area contributed by atoms with Gasteiger partial charge in [0.05, 0.1) is 6.04 Å². The zero-order chi connectivity index (χ0) is 18.0. The van der Waals surface area contributed by atoms with Crippen molar-refractivity contribution in [2.45, 2.75) is 31.7 Å². The third-order valence-electron chi connectivity index (χ3n) is 6.28. The topological polar surface area (TPSA) is 44.4 Å². The average molecular weight is 424 g/mol. The van der Waals surface area contributed by atoms with Crippen LogP contribution < -0.4 is 10.6 Å². The molecule has 1 atom stereocenters. The number of nitrogens with one attached hydrogen (secondary N) is 2. The van der Waals surface area contributed by atoms with Gasteiger partial charge in [0.2, 0.25) is 5.91 Å². The number of hydrogen-bond acceptors (Lipinski definition) is 3. The van der Waals surface area contributed by atoms with Crippen LogP contribution in [-0.4, -0.2) is 50.1 Å². The van der Waals surface area contributed by atoms with Gasteiger partial charge in [-0.15, -0.1) is 24.8 Å². The van der Waals surface area contributed by atoms with Crippen molar-refractivity contribution in [1.29, 1.82) is 0 Å². The molecule has 0 bridgehead atoms. The van der Waals surface area contributed by atoms with Crippen LogP contribution in [0.4, 0.5) is 0 Å².